The lowest BCUT2D eigenvalue weighted by molar-refractivity contribution is 0.309. The fourth-order valence-electron chi connectivity index (χ4n) is 1.91. The number of benzene rings is 1. The third-order valence-electron chi connectivity index (χ3n) is 3.15. The lowest BCUT2D eigenvalue weighted by atomic mass is 10.1. The van der Waals surface area contributed by atoms with Crippen molar-refractivity contribution in [2.75, 3.05) is 13.2 Å². The Morgan fingerprint density at radius 2 is 1.95 bits per heavy atom. The largest absolute Gasteiger partial charge is 0.493 e. The molecule has 0 saturated heterocycles. The summed E-state index contributed by atoms with van der Waals surface area (Å²) in [6.07, 6.45) is 0.577. The van der Waals surface area contributed by atoms with E-state index < -0.39 is 0 Å². The molecule has 0 atom stereocenters. The molecular formula is C16H19ClN2O2. The predicted molar refractivity (Wildman–Crippen MR) is 83.3 cm³/mol. The van der Waals surface area contributed by atoms with Gasteiger partial charge in [0.05, 0.1) is 13.2 Å². The first-order valence-electron chi connectivity index (χ1n) is 6.95. The summed E-state index contributed by atoms with van der Waals surface area (Å²) < 4.78 is 11.1. The Morgan fingerprint density at radius 1 is 1.14 bits per heavy atom. The summed E-state index contributed by atoms with van der Waals surface area (Å²) in [5.41, 5.74) is 2.37. The van der Waals surface area contributed by atoms with Crippen LogP contribution in [0.1, 0.15) is 23.9 Å². The Bertz CT molecular complexity index is 617. The van der Waals surface area contributed by atoms with Gasteiger partial charge in [0.25, 0.3) is 0 Å². The summed E-state index contributed by atoms with van der Waals surface area (Å²) >= 11 is 5.96. The quantitative estimate of drug-likeness (QED) is 0.762. The van der Waals surface area contributed by atoms with Crippen LogP contribution in [0.3, 0.4) is 0 Å². The highest BCUT2D eigenvalue weighted by Gasteiger charge is 2.06. The van der Waals surface area contributed by atoms with Gasteiger partial charge in [0.1, 0.15) is 16.7 Å². The van der Waals surface area contributed by atoms with E-state index in [1.807, 2.05) is 26.0 Å². The van der Waals surface area contributed by atoms with Gasteiger partial charge < -0.3 is 9.47 Å². The van der Waals surface area contributed by atoms with Gasteiger partial charge >= 0.3 is 0 Å². The molecule has 4 nitrogen and oxygen atoms in total. The SMILES string of the molecule is CCOc1cc(Cl)nc(CCOc2cccc(C)c2C)n1. The normalized spacial score (nSPS) is 10.5. The zero-order valence-electron chi connectivity index (χ0n) is 12.5. The topological polar surface area (TPSA) is 44.2 Å². The Balaban J connectivity index is 1.98. The maximum absolute atomic E-state index is 5.96. The second-order valence-electron chi connectivity index (χ2n) is 4.67. The molecule has 5 heteroatoms. The molecule has 2 aromatic rings. The number of nitrogens with zero attached hydrogens (tertiary/aromatic N) is 2. The van der Waals surface area contributed by atoms with Gasteiger partial charge in [-0.25, -0.2) is 4.98 Å². The van der Waals surface area contributed by atoms with Crippen molar-refractivity contribution in [1.82, 2.24) is 9.97 Å². The zero-order chi connectivity index (χ0) is 15.2. The summed E-state index contributed by atoms with van der Waals surface area (Å²) in [6.45, 7) is 7.06. The van der Waals surface area contributed by atoms with Gasteiger partial charge in [0, 0.05) is 12.5 Å². The monoisotopic (exact) mass is 306 g/mol. The molecule has 1 aromatic carbocycles. The van der Waals surface area contributed by atoms with Crippen LogP contribution in [0.2, 0.25) is 5.15 Å². The van der Waals surface area contributed by atoms with E-state index in [1.165, 1.54) is 5.56 Å². The van der Waals surface area contributed by atoms with E-state index in [1.54, 1.807) is 6.07 Å². The molecule has 0 saturated carbocycles. The molecule has 1 aromatic heterocycles. The molecule has 21 heavy (non-hydrogen) atoms. The maximum Gasteiger partial charge on any atom is 0.218 e. The van der Waals surface area contributed by atoms with E-state index in [0.29, 0.717) is 36.5 Å². The fraction of sp³-hybridized carbons (Fsp3) is 0.375. The van der Waals surface area contributed by atoms with Crippen molar-refractivity contribution in [3.8, 4) is 11.6 Å². The molecule has 2 rings (SSSR count). The first-order valence-corrected chi connectivity index (χ1v) is 7.33. The average Bonchev–Trinajstić information content (AvgIpc) is 2.43. The highest BCUT2D eigenvalue weighted by molar-refractivity contribution is 6.29. The van der Waals surface area contributed by atoms with Gasteiger partial charge in [0.15, 0.2) is 0 Å². The highest BCUT2D eigenvalue weighted by Crippen LogP contribution is 2.21. The van der Waals surface area contributed by atoms with Crippen LogP contribution < -0.4 is 9.47 Å². The Labute approximate surface area is 130 Å². The fourth-order valence-corrected chi connectivity index (χ4v) is 2.10. The first-order chi connectivity index (χ1) is 10.1. The van der Waals surface area contributed by atoms with Crippen molar-refractivity contribution in [2.45, 2.75) is 27.2 Å². The van der Waals surface area contributed by atoms with Crippen molar-refractivity contribution in [2.24, 2.45) is 0 Å². The second-order valence-corrected chi connectivity index (χ2v) is 5.06. The summed E-state index contributed by atoms with van der Waals surface area (Å²) in [5.74, 6) is 2.01. The number of rotatable bonds is 6. The first kappa shape index (κ1) is 15.6. The van der Waals surface area contributed by atoms with Crippen LogP contribution in [-0.2, 0) is 6.42 Å². The molecule has 112 valence electrons. The number of hydrogen-bond donors (Lipinski definition) is 0. The Kier molecular flexibility index (Phi) is 5.39. The van der Waals surface area contributed by atoms with Crippen LogP contribution in [-0.4, -0.2) is 23.2 Å². The zero-order valence-corrected chi connectivity index (χ0v) is 13.3. The number of ether oxygens (including phenoxy) is 2. The van der Waals surface area contributed by atoms with Gasteiger partial charge in [-0.2, -0.15) is 4.98 Å². The second kappa shape index (κ2) is 7.27. The molecule has 0 aliphatic rings. The molecule has 0 spiro atoms. The van der Waals surface area contributed by atoms with Crippen LogP contribution in [0.15, 0.2) is 24.3 Å². The van der Waals surface area contributed by atoms with Gasteiger partial charge in [-0.3, -0.25) is 0 Å². The summed E-state index contributed by atoms with van der Waals surface area (Å²) in [7, 11) is 0. The third-order valence-corrected chi connectivity index (χ3v) is 3.34. The standard InChI is InChI=1S/C16H19ClN2O2/c1-4-20-16-10-14(17)18-15(19-16)8-9-21-13-7-5-6-11(2)12(13)3/h5-7,10H,4,8-9H2,1-3H3. The summed E-state index contributed by atoms with van der Waals surface area (Å²) in [4.78, 5) is 8.48. The van der Waals surface area contributed by atoms with Crippen molar-refractivity contribution < 1.29 is 9.47 Å². The predicted octanol–water partition coefficient (Wildman–Crippen LogP) is 3.77. The number of aryl methyl sites for hydroxylation is 1. The van der Waals surface area contributed by atoms with Gasteiger partial charge in [0.2, 0.25) is 5.88 Å². The summed E-state index contributed by atoms with van der Waals surface area (Å²) in [5, 5.41) is 0.384. The molecule has 0 bridgehead atoms. The van der Waals surface area contributed by atoms with Crippen molar-refractivity contribution in [1.29, 1.82) is 0 Å². The average molecular weight is 307 g/mol. The Morgan fingerprint density at radius 3 is 2.71 bits per heavy atom. The lowest BCUT2D eigenvalue weighted by Gasteiger charge is -2.11. The van der Waals surface area contributed by atoms with Crippen molar-refractivity contribution >= 4 is 11.6 Å². The van der Waals surface area contributed by atoms with Crippen molar-refractivity contribution in [3.05, 3.63) is 46.4 Å². The van der Waals surface area contributed by atoms with Gasteiger partial charge in [-0.1, -0.05) is 23.7 Å². The maximum atomic E-state index is 5.96. The molecular weight excluding hydrogens is 288 g/mol. The van der Waals surface area contributed by atoms with E-state index in [-0.39, 0.29) is 0 Å². The third kappa shape index (κ3) is 4.33. The molecule has 1 heterocycles. The minimum Gasteiger partial charge on any atom is -0.493 e. The number of halogens is 1. The molecule has 0 aliphatic heterocycles. The minimum atomic E-state index is 0.384. The van der Waals surface area contributed by atoms with E-state index in [4.69, 9.17) is 21.1 Å². The van der Waals surface area contributed by atoms with E-state index in [0.717, 1.165) is 11.3 Å². The van der Waals surface area contributed by atoms with Gasteiger partial charge in [-0.05, 0) is 38.0 Å². The molecule has 0 fully saturated rings. The highest BCUT2D eigenvalue weighted by atomic mass is 35.5. The number of hydrogen-bond acceptors (Lipinski definition) is 4. The molecule has 0 amide bonds. The lowest BCUT2D eigenvalue weighted by Crippen LogP contribution is -2.07. The van der Waals surface area contributed by atoms with Crippen LogP contribution in [0.25, 0.3) is 0 Å². The molecule has 0 N–H and O–H groups in total. The van der Waals surface area contributed by atoms with E-state index in [9.17, 15) is 0 Å². The van der Waals surface area contributed by atoms with Crippen LogP contribution in [0, 0.1) is 13.8 Å². The number of aromatic nitrogens is 2. The summed E-state index contributed by atoms with van der Waals surface area (Å²) in [6, 6.07) is 7.63. The van der Waals surface area contributed by atoms with Crippen LogP contribution in [0.4, 0.5) is 0 Å². The van der Waals surface area contributed by atoms with Crippen LogP contribution in [0.5, 0.6) is 11.6 Å². The smallest absolute Gasteiger partial charge is 0.218 e. The molecule has 0 unspecified atom stereocenters. The molecule has 0 aliphatic carbocycles. The van der Waals surface area contributed by atoms with Gasteiger partial charge in [-0.15, -0.1) is 0 Å². The Hall–Kier alpha value is -1.81. The van der Waals surface area contributed by atoms with Crippen molar-refractivity contribution in [3.63, 3.8) is 0 Å². The van der Waals surface area contributed by atoms with Crippen LogP contribution >= 0.6 is 11.6 Å². The molecule has 0 radical (unpaired) electrons. The van der Waals surface area contributed by atoms with E-state index >= 15 is 0 Å². The van der Waals surface area contributed by atoms with E-state index in [2.05, 4.69) is 23.0 Å². The minimum absolute atomic E-state index is 0.384.